The molecule has 1 unspecified atom stereocenters. The van der Waals surface area contributed by atoms with Gasteiger partial charge in [-0.25, -0.2) is 9.97 Å². The number of hydrogen-bond acceptors (Lipinski definition) is 6. The Morgan fingerprint density at radius 3 is 2.91 bits per heavy atom. The Kier molecular flexibility index (Phi) is 4.68. The van der Waals surface area contributed by atoms with Crippen molar-refractivity contribution in [2.24, 2.45) is 0 Å². The molecule has 0 spiro atoms. The van der Waals surface area contributed by atoms with Gasteiger partial charge in [0, 0.05) is 30.3 Å². The predicted molar refractivity (Wildman–Crippen MR) is 82.8 cm³/mol. The highest BCUT2D eigenvalue weighted by Crippen LogP contribution is 2.17. The first-order valence-electron chi connectivity index (χ1n) is 7.26. The molecule has 1 fully saturated rings. The van der Waals surface area contributed by atoms with Crippen molar-refractivity contribution in [3.05, 3.63) is 42.2 Å². The maximum atomic E-state index is 12.3. The van der Waals surface area contributed by atoms with Crippen LogP contribution >= 0.6 is 0 Å². The number of carbonyl (C=O) groups is 1. The minimum absolute atomic E-state index is 0.00778. The number of rotatable bonds is 5. The zero-order chi connectivity index (χ0) is 16.1. The summed E-state index contributed by atoms with van der Waals surface area (Å²) in [6, 6.07) is 6.64. The summed E-state index contributed by atoms with van der Waals surface area (Å²) in [5.41, 5.74) is 1.05. The zero-order valence-corrected chi connectivity index (χ0v) is 12.7. The molecule has 1 aliphatic rings. The second kappa shape index (κ2) is 7.06. The summed E-state index contributed by atoms with van der Waals surface area (Å²) in [4.78, 5) is 20.5. The van der Waals surface area contributed by atoms with Crippen LogP contribution in [0.3, 0.4) is 0 Å². The number of anilines is 1. The number of amides is 1. The first-order valence-corrected chi connectivity index (χ1v) is 7.26. The highest BCUT2D eigenvalue weighted by molar-refractivity contribution is 6.04. The van der Waals surface area contributed by atoms with Crippen molar-refractivity contribution < 1.29 is 19.0 Å². The molecule has 3 heterocycles. The lowest BCUT2D eigenvalue weighted by Gasteiger charge is -2.11. The fraction of sp³-hybridized carbons (Fsp3) is 0.312. The molecule has 7 heteroatoms. The van der Waals surface area contributed by atoms with E-state index in [9.17, 15) is 4.79 Å². The van der Waals surface area contributed by atoms with Crippen LogP contribution < -0.4 is 14.8 Å². The number of ether oxygens (including phenoxy) is 3. The van der Waals surface area contributed by atoms with Crippen molar-refractivity contribution in [2.75, 3.05) is 25.6 Å². The number of methoxy groups -OCH3 is 1. The highest BCUT2D eigenvalue weighted by atomic mass is 16.5. The van der Waals surface area contributed by atoms with Crippen molar-refractivity contribution in [1.29, 1.82) is 0 Å². The van der Waals surface area contributed by atoms with Crippen LogP contribution in [0.15, 0.2) is 36.7 Å². The molecule has 0 aliphatic carbocycles. The van der Waals surface area contributed by atoms with Gasteiger partial charge in [0.15, 0.2) is 0 Å². The molecular formula is C16H17N3O4. The molecule has 1 amide bonds. The quantitative estimate of drug-likeness (QED) is 0.907. The summed E-state index contributed by atoms with van der Waals surface area (Å²) in [5.74, 6) is 0.647. The molecule has 0 aromatic carbocycles. The maximum Gasteiger partial charge on any atom is 0.255 e. The highest BCUT2D eigenvalue weighted by Gasteiger charge is 2.18. The van der Waals surface area contributed by atoms with Crippen LogP contribution in [0.25, 0.3) is 0 Å². The SMILES string of the molecule is COc1ccc(NC(=O)c2ccnc(OC3CCOC3)c2)cn1. The topological polar surface area (TPSA) is 82.6 Å². The van der Waals surface area contributed by atoms with Crippen LogP contribution in [-0.4, -0.2) is 42.3 Å². The minimum atomic E-state index is -0.258. The number of nitrogens with one attached hydrogen (secondary N) is 1. The Morgan fingerprint density at radius 1 is 1.30 bits per heavy atom. The second-order valence-corrected chi connectivity index (χ2v) is 5.03. The number of aromatic nitrogens is 2. The van der Waals surface area contributed by atoms with Crippen LogP contribution in [-0.2, 0) is 4.74 Å². The Hall–Kier alpha value is -2.67. The average Bonchev–Trinajstić information content (AvgIpc) is 3.09. The predicted octanol–water partition coefficient (Wildman–Crippen LogP) is 1.91. The third-order valence-electron chi connectivity index (χ3n) is 3.38. The van der Waals surface area contributed by atoms with Crippen LogP contribution in [0.5, 0.6) is 11.8 Å². The van der Waals surface area contributed by atoms with Gasteiger partial charge in [0.2, 0.25) is 11.8 Å². The maximum absolute atomic E-state index is 12.3. The molecule has 2 aromatic rings. The first kappa shape index (κ1) is 15.2. The monoisotopic (exact) mass is 315 g/mol. The lowest BCUT2D eigenvalue weighted by Crippen LogP contribution is -2.17. The number of hydrogen-bond donors (Lipinski definition) is 1. The van der Waals surface area contributed by atoms with Gasteiger partial charge < -0.3 is 19.5 Å². The molecule has 0 bridgehead atoms. The first-order chi connectivity index (χ1) is 11.2. The van der Waals surface area contributed by atoms with E-state index in [0.717, 1.165) is 6.42 Å². The summed E-state index contributed by atoms with van der Waals surface area (Å²) in [6.07, 6.45) is 3.90. The van der Waals surface area contributed by atoms with Gasteiger partial charge in [0.25, 0.3) is 5.91 Å². The minimum Gasteiger partial charge on any atom is -0.481 e. The molecule has 7 nitrogen and oxygen atoms in total. The summed E-state index contributed by atoms with van der Waals surface area (Å²) in [6.45, 7) is 1.24. The van der Waals surface area contributed by atoms with Crippen molar-refractivity contribution >= 4 is 11.6 Å². The molecular weight excluding hydrogens is 298 g/mol. The molecule has 0 radical (unpaired) electrons. The molecule has 1 N–H and O–H groups in total. The van der Waals surface area contributed by atoms with E-state index in [1.807, 2.05) is 0 Å². The number of pyridine rings is 2. The third-order valence-corrected chi connectivity index (χ3v) is 3.38. The van der Waals surface area contributed by atoms with Gasteiger partial charge in [-0.3, -0.25) is 4.79 Å². The van der Waals surface area contributed by atoms with Gasteiger partial charge in [-0.2, -0.15) is 0 Å². The Bertz CT molecular complexity index is 669. The van der Waals surface area contributed by atoms with E-state index in [0.29, 0.717) is 36.2 Å². The van der Waals surface area contributed by atoms with Crippen molar-refractivity contribution in [2.45, 2.75) is 12.5 Å². The summed E-state index contributed by atoms with van der Waals surface area (Å²) >= 11 is 0. The molecule has 120 valence electrons. The summed E-state index contributed by atoms with van der Waals surface area (Å²) < 4.78 is 15.9. The van der Waals surface area contributed by atoms with E-state index in [2.05, 4.69) is 15.3 Å². The van der Waals surface area contributed by atoms with Crippen molar-refractivity contribution in [3.8, 4) is 11.8 Å². The Labute approximate surface area is 133 Å². The van der Waals surface area contributed by atoms with Gasteiger partial charge in [0.1, 0.15) is 6.10 Å². The zero-order valence-electron chi connectivity index (χ0n) is 12.7. The lowest BCUT2D eigenvalue weighted by molar-refractivity contribution is 0.102. The van der Waals surface area contributed by atoms with Gasteiger partial charge in [-0.1, -0.05) is 0 Å². The molecule has 1 saturated heterocycles. The van der Waals surface area contributed by atoms with Crippen LogP contribution in [0.2, 0.25) is 0 Å². The van der Waals surface area contributed by atoms with Gasteiger partial charge in [0.05, 0.1) is 32.2 Å². The summed E-state index contributed by atoms with van der Waals surface area (Å²) in [7, 11) is 1.54. The van der Waals surface area contributed by atoms with Crippen molar-refractivity contribution in [3.63, 3.8) is 0 Å². The Morgan fingerprint density at radius 2 is 2.22 bits per heavy atom. The molecule has 0 saturated carbocycles. The lowest BCUT2D eigenvalue weighted by atomic mass is 10.2. The van der Waals surface area contributed by atoms with E-state index in [-0.39, 0.29) is 12.0 Å². The number of nitrogens with zero attached hydrogens (tertiary/aromatic N) is 2. The molecule has 3 rings (SSSR count). The van der Waals surface area contributed by atoms with Gasteiger partial charge in [-0.15, -0.1) is 0 Å². The van der Waals surface area contributed by atoms with E-state index >= 15 is 0 Å². The second-order valence-electron chi connectivity index (χ2n) is 5.03. The van der Waals surface area contributed by atoms with E-state index < -0.39 is 0 Å². The van der Waals surface area contributed by atoms with Crippen LogP contribution in [0, 0.1) is 0 Å². The average molecular weight is 315 g/mol. The fourth-order valence-corrected chi connectivity index (χ4v) is 2.17. The smallest absolute Gasteiger partial charge is 0.255 e. The van der Waals surface area contributed by atoms with Crippen LogP contribution in [0.1, 0.15) is 16.8 Å². The molecule has 1 atom stereocenters. The van der Waals surface area contributed by atoms with Gasteiger partial charge in [-0.05, 0) is 12.1 Å². The molecule has 1 aliphatic heterocycles. The fourth-order valence-electron chi connectivity index (χ4n) is 2.17. The third kappa shape index (κ3) is 3.95. The van der Waals surface area contributed by atoms with Crippen LogP contribution in [0.4, 0.5) is 5.69 Å². The largest absolute Gasteiger partial charge is 0.481 e. The van der Waals surface area contributed by atoms with E-state index in [1.54, 1.807) is 30.5 Å². The summed E-state index contributed by atoms with van der Waals surface area (Å²) in [5, 5.41) is 2.77. The standard InChI is InChI=1S/C16H17N3O4/c1-21-14-3-2-12(9-18-14)19-16(20)11-4-6-17-15(8-11)23-13-5-7-22-10-13/h2-4,6,8-9,13H,5,7,10H2,1H3,(H,19,20). The Balaban J connectivity index is 1.66. The molecule has 23 heavy (non-hydrogen) atoms. The molecule has 2 aromatic heterocycles. The van der Waals surface area contributed by atoms with Crippen molar-refractivity contribution in [1.82, 2.24) is 9.97 Å². The number of carbonyl (C=O) groups excluding carboxylic acids is 1. The van der Waals surface area contributed by atoms with E-state index in [4.69, 9.17) is 14.2 Å². The van der Waals surface area contributed by atoms with Gasteiger partial charge >= 0.3 is 0 Å². The normalized spacial score (nSPS) is 16.8. The van der Waals surface area contributed by atoms with E-state index in [1.165, 1.54) is 13.3 Å².